The largest absolute Gasteiger partial charge is 0.497 e. The van der Waals surface area contributed by atoms with Crippen molar-refractivity contribution in [3.63, 3.8) is 0 Å². The predicted octanol–water partition coefficient (Wildman–Crippen LogP) is 3.88. The summed E-state index contributed by atoms with van der Waals surface area (Å²) >= 11 is 0. The number of aliphatic hydroxyl groups excluding tert-OH is 1. The van der Waals surface area contributed by atoms with Gasteiger partial charge in [0.2, 0.25) is 0 Å². The van der Waals surface area contributed by atoms with E-state index < -0.39 is 28.1 Å². The van der Waals surface area contributed by atoms with Gasteiger partial charge in [0, 0.05) is 25.2 Å². The Kier molecular flexibility index (Phi) is 9.59. The molecule has 3 N–H and O–H groups in total. The fourth-order valence-corrected chi connectivity index (χ4v) is 5.67. The van der Waals surface area contributed by atoms with Crippen LogP contribution in [0.2, 0.25) is 0 Å². The summed E-state index contributed by atoms with van der Waals surface area (Å²) < 4.78 is 40.6. The van der Waals surface area contributed by atoms with E-state index in [9.17, 15) is 23.1 Å². The van der Waals surface area contributed by atoms with E-state index in [-0.39, 0.29) is 53.5 Å². The van der Waals surface area contributed by atoms with Gasteiger partial charge in [-0.05, 0) is 55.5 Å². The molecule has 0 fully saturated rings. The van der Waals surface area contributed by atoms with E-state index in [1.807, 2.05) is 6.92 Å². The molecule has 3 aromatic carbocycles. The van der Waals surface area contributed by atoms with Gasteiger partial charge in [0.05, 0.1) is 42.4 Å². The second-order valence-corrected chi connectivity index (χ2v) is 11.9. The topological polar surface area (TPSA) is 138 Å². The Labute approximate surface area is 246 Å². The van der Waals surface area contributed by atoms with E-state index >= 15 is 0 Å². The summed E-state index contributed by atoms with van der Waals surface area (Å²) in [6, 6.07) is 18.5. The van der Waals surface area contributed by atoms with Crippen molar-refractivity contribution in [3.05, 3.63) is 78.4 Å². The quantitative estimate of drug-likeness (QED) is 0.341. The summed E-state index contributed by atoms with van der Waals surface area (Å²) in [6.45, 7) is 3.73. The van der Waals surface area contributed by atoms with Crippen LogP contribution in [0.1, 0.15) is 24.2 Å². The number of aliphatic hydroxyl groups is 1. The van der Waals surface area contributed by atoms with Crippen LogP contribution in [0.3, 0.4) is 0 Å². The number of nitrogens with zero attached hydrogens (tertiary/aromatic N) is 2. The molecule has 0 radical (unpaired) electrons. The Hall–Kier alpha value is -4.29. The molecule has 0 bridgehead atoms. The molecule has 3 amide bonds. The summed E-state index contributed by atoms with van der Waals surface area (Å²) in [5.74, 6) is 0.0126. The number of para-hydroxylation sites is 1. The van der Waals surface area contributed by atoms with Crippen molar-refractivity contribution in [3.8, 4) is 11.5 Å². The normalized spacial score (nSPS) is 17.6. The minimum Gasteiger partial charge on any atom is -0.497 e. The van der Waals surface area contributed by atoms with Crippen molar-refractivity contribution in [1.29, 1.82) is 0 Å². The van der Waals surface area contributed by atoms with Gasteiger partial charge in [-0.1, -0.05) is 31.2 Å². The first kappa shape index (κ1) is 30.7. The third-order valence-corrected chi connectivity index (χ3v) is 8.51. The fourth-order valence-electron chi connectivity index (χ4n) is 4.59. The van der Waals surface area contributed by atoms with Gasteiger partial charge in [-0.15, -0.1) is 0 Å². The highest BCUT2D eigenvalue weighted by molar-refractivity contribution is 7.92. The van der Waals surface area contributed by atoms with E-state index in [1.165, 1.54) is 23.1 Å². The summed E-state index contributed by atoms with van der Waals surface area (Å²) in [4.78, 5) is 29.8. The summed E-state index contributed by atoms with van der Waals surface area (Å²) in [5.41, 5.74) is 0.812. The Balaban J connectivity index is 1.66. The Morgan fingerprint density at radius 1 is 1.12 bits per heavy atom. The number of benzene rings is 3. The minimum absolute atomic E-state index is 0.0511. The molecule has 224 valence electrons. The molecule has 4 rings (SSSR count). The highest BCUT2D eigenvalue weighted by atomic mass is 32.2. The molecule has 0 saturated carbocycles. The maximum atomic E-state index is 13.7. The summed E-state index contributed by atoms with van der Waals surface area (Å²) in [7, 11) is -0.823. The molecule has 0 saturated heterocycles. The second kappa shape index (κ2) is 13.1. The molecule has 1 aliphatic heterocycles. The molecule has 1 aliphatic rings. The number of carbonyl (C=O) groups is 2. The molecule has 0 spiro atoms. The first-order valence-electron chi connectivity index (χ1n) is 13.5. The number of anilines is 2. The number of ether oxygens (including phenoxy) is 2. The fraction of sp³-hybridized carbons (Fsp3) is 0.333. The third-order valence-electron chi connectivity index (χ3n) is 7.13. The Bertz CT molecular complexity index is 1500. The number of rotatable bonds is 9. The van der Waals surface area contributed by atoms with E-state index in [2.05, 4.69) is 10.0 Å². The lowest BCUT2D eigenvalue weighted by atomic mass is 9.99. The smallest absolute Gasteiger partial charge is 0.321 e. The van der Waals surface area contributed by atoms with Crippen molar-refractivity contribution >= 4 is 33.3 Å². The molecule has 0 aromatic heterocycles. The lowest BCUT2D eigenvalue weighted by Gasteiger charge is -2.38. The third kappa shape index (κ3) is 6.94. The molecule has 42 heavy (non-hydrogen) atoms. The van der Waals surface area contributed by atoms with Crippen LogP contribution < -0.4 is 19.5 Å². The van der Waals surface area contributed by atoms with Gasteiger partial charge in [-0.2, -0.15) is 0 Å². The van der Waals surface area contributed by atoms with Gasteiger partial charge in [0.25, 0.3) is 15.9 Å². The van der Waals surface area contributed by atoms with Crippen molar-refractivity contribution in [2.75, 3.05) is 43.9 Å². The van der Waals surface area contributed by atoms with Crippen LogP contribution >= 0.6 is 0 Å². The number of amides is 3. The number of fused-ring (bicyclic) bond motifs is 1. The lowest BCUT2D eigenvalue weighted by Crippen LogP contribution is -2.50. The number of hydrogen-bond acceptors (Lipinski definition) is 7. The van der Waals surface area contributed by atoms with Crippen LogP contribution in [0.25, 0.3) is 0 Å². The van der Waals surface area contributed by atoms with E-state index in [1.54, 1.807) is 80.6 Å². The van der Waals surface area contributed by atoms with Crippen molar-refractivity contribution in [2.45, 2.75) is 30.9 Å². The predicted molar refractivity (Wildman–Crippen MR) is 159 cm³/mol. The summed E-state index contributed by atoms with van der Waals surface area (Å²) in [5, 5.41) is 12.7. The maximum Gasteiger partial charge on any atom is 0.321 e. The molecule has 1 heterocycles. The number of likely N-dealkylation sites (N-methyl/N-ethyl adjacent to an activating group) is 1. The van der Waals surface area contributed by atoms with Gasteiger partial charge in [0.1, 0.15) is 11.9 Å². The number of urea groups is 1. The first-order valence-corrected chi connectivity index (χ1v) is 15.0. The molecule has 12 heteroatoms. The van der Waals surface area contributed by atoms with Gasteiger partial charge in [0.15, 0.2) is 5.75 Å². The van der Waals surface area contributed by atoms with Crippen molar-refractivity contribution < 1.29 is 32.6 Å². The molecule has 3 aromatic rings. The highest BCUT2D eigenvalue weighted by Gasteiger charge is 2.35. The van der Waals surface area contributed by atoms with Crippen LogP contribution in [0.15, 0.2) is 77.7 Å². The SMILES string of the molecule is COc1ccc(NC(=O)N(C)C[C@@H]2Oc3c(NS(=O)(=O)c4ccccc4)cccc3C(=O)N([C@H](C)CO)C[C@H]2C)cc1. The first-order chi connectivity index (χ1) is 20.0. The highest BCUT2D eigenvalue weighted by Crippen LogP contribution is 2.36. The zero-order valence-electron chi connectivity index (χ0n) is 24.0. The number of sulfonamides is 1. The lowest BCUT2D eigenvalue weighted by molar-refractivity contribution is 0.0373. The van der Waals surface area contributed by atoms with Gasteiger partial charge in [-0.3, -0.25) is 9.52 Å². The molecule has 0 aliphatic carbocycles. The van der Waals surface area contributed by atoms with Crippen LogP contribution in [0, 0.1) is 5.92 Å². The number of methoxy groups -OCH3 is 1. The molecule has 0 unspecified atom stereocenters. The van der Waals surface area contributed by atoms with Gasteiger partial charge < -0.3 is 29.7 Å². The van der Waals surface area contributed by atoms with Crippen LogP contribution in [-0.4, -0.2) is 81.3 Å². The Morgan fingerprint density at radius 3 is 2.45 bits per heavy atom. The number of hydrogen-bond donors (Lipinski definition) is 3. The molecular weight excluding hydrogens is 560 g/mol. The van der Waals surface area contributed by atoms with Crippen molar-refractivity contribution in [2.24, 2.45) is 5.92 Å². The Morgan fingerprint density at radius 2 is 1.81 bits per heavy atom. The van der Waals surface area contributed by atoms with Gasteiger partial charge >= 0.3 is 6.03 Å². The standard InChI is InChI=1S/C30H36N4O7S/c1-20-17-34(21(2)19-35)29(36)25-11-8-12-26(32-42(38,39)24-9-6-5-7-10-24)28(25)41-27(20)18-33(3)30(37)31-22-13-15-23(40-4)16-14-22/h5-16,20-21,27,32,35H,17-19H2,1-4H3,(H,31,37)/t20-,21-,27+/m1/s1. The monoisotopic (exact) mass is 596 g/mol. The zero-order valence-corrected chi connectivity index (χ0v) is 24.8. The summed E-state index contributed by atoms with van der Waals surface area (Å²) in [6.07, 6.45) is -0.640. The van der Waals surface area contributed by atoms with E-state index in [0.29, 0.717) is 11.4 Å². The van der Waals surface area contributed by atoms with Gasteiger partial charge in [-0.25, -0.2) is 13.2 Å². The van der Waals surface area contributed by atoms with E-state index in [4.69, 9.17) is 9.47 Å². The second-order valence-electron chi connectivity index (χ2n) is 10.3. The van der Waals surface area contributed by atoms with Crippen LogP contribution in [0.4, 0.5) is 16.2 Å². The maximum absolute atomic E-state index is 13.7. The number of carbonyl (C=O) groups excluding carboxylic acids is 2. The van der Waals surface area contributed by atoms with Crippen LogP contribution in [-0.2, 0) is 10.0 Å². The average molecular weight is 597 g/mol. The minimum atomic E-state index is -4.01. The molecular formula is C30H36N4O7S. The van der Waals surface area contributed by atoms with Crippen LogP contribution in [0.5, 0.6) is 11.5 Å². The zero-order chi connectivity index (χ0) is 30.4. The average Bonchev–Trinajstić information content (AvgIpc) is 2.99. The molecule has 11 nitrogen and oxygen atoms in total. The number of nitrogens with one attached hydrogen (secondary N) is 2. The van der Waals surface area contributed by atoms with Crippen molar-refractivity contribution in [1.82, 2.24) is 9.80 Å². The molecule has 3 atom stereocenters. The van der Waals surface area contributed by atoms with E-state index in [0.717, 1.165) is 0 Å².